The number of nitrogens with zero attached hydrogens (tertiary/aromatic N) is 1. The molecule has 1 aliphatic heterocycles. The highest BCUT2D eigenvalue weighted by Crippen LogP contribution is 2.34. The summed E-state index contributed by atoms with van der Waals surface area (Å²) in [5, 5.41) is 0. The first-order chi connectivity index (χ1) is 6.60. The van der Waals surface area contributed by atoms with Gasteiger partial charge in [-0.05, 0) is 30.8 Å². The summed E-state index contributed by atoms with van der Waals surface area (Å²) in [6, 6.07) is 0. The zero-order valence-corrected chi connectivity index (χ0v) is 9.75. The van der Waals surface area contributed by atoms with Crippen LogP contribution in [0.4, 0.5) is 0 Å². The Morgan fingerprint density at radius 2 is 2.21 bits per heavy atom. The molecule has 1 fully saturated rings. The summed E-state index contributed by atoms with van der Waals surface area (Å²) >= 11 is 0. The van der Waals surface area contributed by atoms with Gasteiger partial charge in [0, 0.05) is 20.2 Å². The third-order valence-electron chi connectivity index (χ3n) is 3.55. The van der Waals surface area contributed by atoms with Crippen LogP contribution >= 0.6 is 0 Å². The van der Waals surface area contributed by atoms with Gasteiger partial charge >= 0.3 is 0 Å². The van der Waals surface area contributed by atoms with Crippen LogP contribution in [0.5, 0.6) is 0 Å². The Hall–Kier alpha value is -0.120. The van der Waals surface area contributed by atoms with Crippen molar-refractivity contribution in [2.75, 3.05) is 39.9 Å². The third kappa shape index (κ3) is 2.94. The summed E-state index contributed by atoms with van der Waals surface area (Å²) in [4.78, 5) is 2.46. The highest BCUT2D eigenvalue weighted by Gasteiger charge is 2.34. The Kier molecular flexibility index (Phi) is 4.35. The molecule has 0 bridgehead atoms. The van der Waals surface area contributed by atoms with Crippen molar-refractivity contribution in [2.24, 2.45) is 17.1 Å². The maximum absolute atomic E-state index is 5.81. The summed E-state index contributed by atoms with van der Waals surface area (Å²) in [7, 11) is 1.76. The van der Waals surface area contributed by atoms with Crippen LogP contribution in [0, 0.1) is 11.3 Å². The van der Waals surface area contributed by atoms with Gasteiger partial charge in [0.15, 0.2) is 0 Å². The zero-order valence-electron chi connectivity index (χ0n) is 9.75. The first-order valence-electron chi connectivity index (χ1n) is 5.51. The minimum absolute atomic E-state index is 0.415. The fraction of sp³-hybridized carbons (Fsp3) is 1.00. The molecular weight excluding hydrogens is 176 g/mol. The van der Waals surface area contributed by atoms with Gasteiger partial charge in [-0.2, -0.15) is 0 Å². The van der Waals surface area contributed by atoms with E-state index in [1.165, 1.54) is 13.0 Å². The average Bonchev–Trinajstić information content (AvgIpc) is 2.16. The second-order valence-corrected chi connectivity index (χ2v) is 4.96. The Balaban J connectivity index is 2.40. The SMILES string of the molecule is COCCN1CCC(C)(C)C(CN)C1. The van der Waals surface area contributed by atoms with Gasteiger partial charge in [0.05, 0.1) is 6.61 Å². The molecule has 2 N–H and O–H groups in total. The molecule has 0 aromatic rings. The number of rotatable bonds is 4. The molecule has 84 valence electrons. The molecule has 0 amide bonds. The number of piperidine rings is 1. The predicted octanol–water partition coefficient (Wildman–Crippen LogP) is 0.940. The van der Waals surface area contributed by atoms with Crippen molar-refractivity contribution in [2.45, 2.75) is 20.3 Å². The summed E-state index contributed by atoms with van der Waals surface area (Å²) < 4.78 is 5.09. The Bertz CT molecular complexity index is 171. The van der Waals surface area contributed by atoms with Crippen LogP contribution < -0.4 is 5.73 Å². The molecular formula is C11H24N2O. The molecule has 14 heavy (non-hydrogen) atoms. The quantitative estimate of drug-likeness (QED) is 0.734. The fourth-order valence-electron chi connectivity index (χ4n) is 2.12. The molecule has 0 aromatic heterocycles. The van der Waals surface area contributed by atoms with Gasteiger partial charge in [-0.3, -0.25) is 0 Å². The summed E-state index contributed by atoms with van der Waals surface area (Å²) in [5.41, 5.74) is 6.23. The molecule has 3 heteroatoms. The van der Waals surface area contributed by atoms with Gasteiger partial charge in [-0.15, -0.1) is 0 Å². The molecule has 0 spiro atoms. The van der Waals surface area contributed by atoms with E-state index in [9.17, 15) is 0 Å². The third-order valence-corrected chi connectivity index (χ3v) is 3.55. The van der Waals surface area contributed by atoms with E-state index >= 15 is 0 Å². The minimum atomic E-state index is 0.415. The van der Waals surface area contributed by atoms with E-state index in [-0.39, 0.29) is 0 Å². The van der Waals surface area contributed by atoms with Crippen LogP contribution in [-0.4, -0.2) is 44.8 Å². The summed E-state index contributed by atoms with van der Waals surface area (Å²) in [6.45, 7) is 9.66. The standard InChI is InChI=1S/C11H24N2O/c1-11(2)4-5-13(6-7-14-3)9-10(11)8-12/h10H,4-9,12H2,1-3H3. The van der Waals surface area contributed by atoms with Crippen molar-refractivity contribution < 1.29 is 4.74 Å². The van der Waals surface area contributed by atoms with Crippen LogP contribution in [0.3, 0.4) is 0 Å². The normalized spacial score (nSPS) is 27.9. The number of nitrogens with two attached hydrogens (primary N) is 1. The number of hydrogen-bond donors (Lipinski definition) is 1. The van der Waals surface area contributed by atoms with E-state index in [0.29, 0.717) is 11.3 Å². The van der Waals surface area contributed by atoms with Gasteiger partial charge in [0.25, 0.3) is 0 Å². The van der Waals surface area contributed by atoms with Gasteiger partial charge in [-0.1, -0.05) is 13.8 Å². The number of ether oxygens (including phenoxy) is 1. The van der Waals surface area contributed by atoms with Crippen molar-refractivity contribution in [3.8, 4) is 0 Å². The van der Waals surface area contributed by atoms with Crippen LogP contribution in [0.2, 0.25) is 0 Å². The Morgan fingerprint density at radius 3 is 2.79 bits per heavy atom. The van der Waals surface area contributed by atoms with E-state index in [2.05, 4.69) is 18.7 Å². The largest absolute Gasteiger partial charge is 0.383 e. The monoisotopic (exact) mass is 200 g/mol. The highest BCUT2D eigenvalue weighted by atomic mass is 16.5. The number of hydrogen-bond acceptors (Lipinski definition) is 3. The van der Waals surface area contributed by atoms with Crippen LogP contribution in [-0.2, 0) is 4.74 Å². The van der Waals surface area contributed by atoms with E-state index in [4.69, 9.17) is 10.5 Å². The molecule has 0 aliphatic carbocycles. The van der Waals surface area contributed by atoms with Crippen molar-refractivity contribution in [3.05, 3.63) is 0 Å². The van der Waals surface area contributed by atoms with E-state index in [1.54, 1.807) is 7.11 Å². The average molecular weight is 200 g/mol. The molecule has 1 aliphatic rings. The topological polar surface area (TPSA) is 38.5 Å². The lowest BCUT2D eigenvalue weighted by Crippen LogP contribution is -2.48. The molecule has 0 radical (unpaired) electrons. The maximum atomic E-state index is 5.81. The molecule has 0 saturated carbocycles. The smallest absolute Gasteiger partial charge is 0.0589 e. The maximum Gasteiger partial charge on any atom is 0.0589 e. The van der Waals surface area contributed by atoms with Gasteiger partial charge in [0.1, 0.15) is 0 Å². The molecule has 1 unspecified atom stereocenters. The minimum Gasteiger partial charge on any atom is -0.383 e. The first kappa shape index (κ1) is 12.0. The lowest BCUT2D eigenvalue weighted by molar-refractivity contribution is 0.0476. The van der Waals surface area contributed by atoms with Crippen molar-refractivity contribution in [1.82, 2.24) is 4.90 Å². The molecule has 1 rings (SSSR count). The lowest BCUT2D eigenvalue weighted by atomic mass is 9.73. The van der Waals surface area contributed by atoms with Gasteiger partial charge < -0.3 is 15.4 Å². The van der Waals surface area contributed by atoms with Gasteiger partial charge in [0.2, 0.25) is 0 Å². The number of methoxy groups -OCH3 is 1. The van der Waals surface area contributed by atoms with Crippen LogP contribution in [0.25, 0.3) is 0 Å². The van der Waals surface area contributed by atoms with E-state index in [1.807, 2.05) is 0 Å². The van der Waals surface area contributed by atoms with E-state index < -0.39 is 0 Å². The highest BCUT2D eigenvalue weighted by molar-refractivity contribution is 4.87. The Morgan fingerprint density at radius 1 is 1.50 bits per heavy atom. The second-order valence-electron chi connectivity index (χ2n) is 4.96. The second kappa shape index (κ2) is 5.10. The zero-order chi connectivity index (χ0) is 10.6. The van der Waals surface area contributed by atoms with E-state index in [0.717, 1.165) is 26.2 Å². The van der Waals surface area contributed by atoms with Crippen molar-refractivity contribution in [1.29, 1.82) is 0 Å². The molecule has 1 heterocycles. The van der Waals surface area contributed by atoms with Crippen LogP contribution in [0.15, 0.2) is 0 Å². The summed E-state index contributed by atoms with van der Waals surface area (Å²) in [5.74, 6) is 0.633. The van der Waals surface area contributed by atoms with Gasteiger partial charge in [-0.25, -0.2) is 0 Å². The Labute approximate surface area is 87.6 Å². The van der Waals surface area contributed by atoms with Crippen molar-refractivity contribution in [3.63, 3.8) is 0 Å². The summed E-state index contributed by atoms with van der Waals surface area (Å²) in [6.07, 6.45) is 1.25. The lowest BCUT2D eigenvalue weighted by Gasteiger charge is -2.43. The molecule has 1 saturated heterocycles. The number of likely N-dealkylation sites (tertiary alicyclic amines) is 1. The predicted molar refractivity (Wildman–Crippen MR) is 59.3 cm³/mol. The van der Waals surface area contributed by atoms with Crippen molar-refractivity contribution >= 4 is 0 Å². The van der Waals surface area contributed by atoms with Crippen LogP contribution in [0.1, 0.15) is 20.3 Å². The molecule has 3 nitrogen and oxygen atoms in total. The fourth-order valence-corrected chi connectivity index (χ4v) is 2.12. The molecule has 0 aromatic carbocycles. The first-order valence-corrected chi connectivity index (χ1v) is 5.51. The molecule has 1 atom stereocenters.